The maximum atomic E-state index is 12.1. The molecule has 0 bridgehead atoms. The smallest absolute Gasteiger partial charge is 0.323 e. The van der Waals surface area contributed by atoms with Crippen LogP contribution in [0, 0.1) is 11.3 Å². The molecule has 1 aliphatic heterocycles. The quantitative estimate of drug-likeness (QED) is 0.427. The second-order valence-corrected chi connectivity index (χ2v) is 5.14. The fourth-order valence-corrected chi connectivity index (χ4v) is 2.62. The van der Waals surface area contributed by atoms with Crippen LogP contribution in [0.2, 0.25) is 0 Å². The molecule has 0 N–H and O–H groups in total. The van der Waals surface area contributed by atoms with Gasteiger partial charge in [-0.15, -0.1) is 0 Å². The molecule has 1 rings (SSSR count). The summed E-state index contributed by atoms with van der Waals surface area (Å²) in [4.78, 5) is 47.5. The summed E-state index contributed by atoms with van der Waals surface area (Å²) >= 11 is 0. The van der Waals surface area contributed by atoms with Gasteiger partial charge in [-0.05, 0) is 26.2 Å². The molecule has 1 heterocycles. The number of Topliss-reactive ketones (excluding diaryl/α,β-unsaturated/α-hetero) is 1. The van der Waals surface area contributed by atoms with Gasteiger partial charge in [0, 0.05) is 6.42 Å². The second-order valence-electron chi connectivity index (χ2n) is 5.14. The molecule has 1 fully saturated rings. The first kappa shape index (κ1) is 17.1. The highest BCUT2D eigenvalue weighted by molar-refractivity contribution is 6.00. The van der Waals surface area contributed by atoms with Crippen LogP contribution in [-0.2, 0) is 33.4 Å². The Morgan fingerprint density at radius 1 is 1.24 bits per heavy atom. The topological polar surface area (TPSA) is 96.0 Å². The third kappa shape index (κ3) is 3.80. The number of cyclic esters (lactones) is 1. The monoisotopic (exact) mass is 300 g/mol. The summed E-state index contributed by atoms with van der Waals surface area (Å²) in [7, 11) is 2.34. The van der Waals surface area contributed by atoms with Crippen LogP contribution in [-0.4, -0.2) is 44.5 Å². The number of ketones is 1. The molecule has 7 heteroatoms. The number of carbonyl (C=O) groups is 4. The molecule has 1 saturated heterocycles. The number of esters is 3. The van der Waals surface area contributed by atoms with Gasteiger partial charge >= 0.3 is 17.9 Å². The number of hydrogen-bond donors (Lipinski definition) is 0. The van der Waals surface area contributed by atoms with E-state index >= 15 is 0 Å². The molecule has 1 atom stereocenters. The zero-order chi connectivity index (χ0) is 16.0. The molecule has 118 valence electrons. The number of hydrogen-bond acceptors (Lipinski definition) is 7. The summed E-state index contributed by atoms with van der Waals surface area (Å²) in [6.07, 6.45) is 0.246. The van der Waals surface area contributed by atoms with Crippen molar-refractivity contribution in [2.75, 3.05) is 20.8 Å². The third-order valence-electron chi connectivity index (χ3n) is 3.61. The molecule has 0 saturated carbocycles. The van der Waals surface area contributed by atoms with Crippen molar-refractivity contribution in [2.45, 2.75) is 32.6 Å². The van der Waals surface area contributed by atoms with Crippen LogP contribution in [0.4, 0.5) is 0 Å². The number of ether oxygens (including phenoxy) is 3. The first-order valence-corrected chi connectivity index (χ1v) is 6.70. The minimum atomic E-state index is -1.57. The Bertz CT molecular complexity index is 425. The first-order valence-electron chi connectivity index (χ1n) is 6.70. The first-order chi connectivity index (χ1) is 9.87. The minimum absolute atomic E-state index is 0.0863. The average Bonchev–Trinajstić information content (AvgIpc) is 2.45. The van der Waals surface area contributed by atoms with Gasteiger partial charge in [0.1, 0.15) is 5.78 Å². The highest BCUT2D eigenvalue weighted by Crippen LogP contribution is 2.38. The highest BCUT2D eigenvalue weighted by atomic mass is 16.5. The predicted octanol–water partition coefficient (Wildman–Crippen LogP) is 0.641. The molecule has 0 aromatic heterocycles. The molecular formula is C14H20O7. The van der Waals surface area contributed by atoms with Gasteiger partial charge in [-0.2, -0.15) is 0 Å². The van der Waals surface area contributed by atoms with Crippen molar-refractivity contribution >= 4 is 23.7 Å². The molecule has 1 aliphatic rings. The zero-order valence-corrected chi connectivity index (χ0v) is 12.5. The van der Waals surface area contributed by atoms with Crippen molar-refractivity contribution in [1.29, 1.82) is 0 Å². The Kier molecular flexibility index (Phi) is 5.87. The van der Waals surface area contributed by atoms with E-state index in [0.717, 1.165) is 0 Å². The lowest BCUT2D eigenvalue weighted by molar-refractivity contribution is -0.175. The van der Waals surface area contributed by atoms with Crippen LogP contribution in [0.15, 0.2) is 0 Å². The average molecular weight is 300 g/mol. The van der Waals surface area contributed by atoms with Gasteiger partial charge in [-0.3, -0.25) is 14.4 Å². The summed E-state index contributed by atoms with van der Waals surface area (Å²) in [5, 5.41) is 0. The molecule has 0 spiro atoms. The molecule has 0 aliphatic carbocycles. The van der Waals surface area contributed by atoms with Crippen molar-refractivity contribution in [1.82, 2.24) is 0 Å². The standard InChI is InChI=1S/C14H20O7/c1-9(15)7-10-8-14(12(17)19-2,13(18)20-3)5-4-6-21-11(10)16/h10H,4-8H2,1-3H3. The van der Waals surface area contributed by atoms with Gasteiger partial charge in [0.2, 0.25) is 0 Å². The Hall–Kier alpha value is -1.92. The molecule has 0 radical (unpaired) electrons. The Labute approximate surface area is 122 Å². The summed E-state index contributed by atoms with van der Waals surface area (Å²) in [5.74, 6) is -3.17. The van der Waals surface area contributed by atoms with Gasteiger partial charge in [-0.25, -0.2) is 0 Å². The Morgan fingerprint density at radius 3 is 2.29 bits per heavy atom. The second kappa shape index (κ2) is 7.19. The van der Waals surface area contributed by atoms with Crippen molar-refractivity contribution < 1.29 is 33.4 Å². The van der Waals surface area contributed by atoms with E-state index in [-0.39, 0.29) is 31.7 Å². The van der Waals surface area contributed by atoms with Crippen LogP contribution in [0.5, 0.6) is 0 Å². The molecule has 0 amide bonds. The van der Waals surface area contributed by atoms with Crippen molar-refractivity contribution in [3.05, 3.63) is 0 Å². The van der Waals surface area contributed by atoms with E-state index in [4.69, 9.17) is 14.2 Å². The van der Waals surface area contributed by atoms with Crippen LogP contribution >= 0.6 is 0 Å². The lowest BCUT2D eigenvalue weighted by Gasteiger charge is -2.32. The maximum absolute atomic E-state index is 12.1. The number of methoxy groups -OCH3 is 2. The predicted molar refractivity (Wildman–Crippen MR) is 70.1 cm³/mol. The van der Waals surface area contributed by atoms with E-state index in [1.54, 1.807) is 0 Å². The van der Waals surface area contributed by atoms with Gasteiger partial charge < -0.3 is 19.0 Å². The fraction of sp³-hybridized carbons (Fsp3) is 0.714. The van der Waals surface area contributed by atoms with E-state index in [1.165, 1.54) is 21.1 Å². The van der Waals surface area contributed by atoms with Crippen molar-refractivity contribution in [2.24, 2.45) is 11.3 Å². The zero-order valence-electron chi connectivity index (χ0n) is 12.5. The van der Waals surface area contributed by atoms with E-state index in [1.807, 2.05) is 0 Å². The van der Waals surface area contributed by atoms with Gasteiger partial charge in [0.05, 0.1) is 26.7 Å². The van der Waals surface area contributed by atoms with Crippen LogP contribution in [0.3, 0.4) is 0 Å². The fourth-order valence-electron chi connectivity index (χ4n) is 2.62. The molecular weight excluding hydrogens is 280 g/mol. The minimum Gasteiger partial charge on any atom is -0.468 e. The summed E-state index contributed by atoms with van der Waals surface area (Å²) < 4.78 is 14.5. The van der Waals surface area contributed by atoms with E-state index in [9.17, 15) is 19.2 Å². The van der Waals surface area contributed by atoms with E-state index < -0.39 is 29.2 Å². The Balaban J connectivity index is 3.18. The number of rotatable bonds is 4. The molecule has 21 heavy (non-hydrogen) atoms. The maximum Gasteiger partial charge on any atom is 0.323 e. The van der Waals surface area contributed by atoms with E-state index in [0.29, 0.717) is 6.42 Å². The third-order valence-corrected chi connectivity index (χ3v) is 3.61. The van der Waals surface area contributed by atoms with Crippen molar-refractivity contribution in [3.8, 4) is 0 Å². The summed E-state index contributed by atoms with van der Waals surface area (Å²) in [6.45, 7) is 1.42. The van der Waals surface area contributed by atoms with Gasteiger partial charge in [0.25, 0.3) is 0 Å². The largest absolute Gasteiger partial charge is 0.468 e. The van der Waals surface area contributed by atoms with Crippen LogP contribution < -0.4 is 0 Å². The molecule has 0 aromatic carbocycles. The Morgan fingerprint density at radius 2 is 1.81 bits per heavy atom. The normalized spacial score (nSPS) is 21.5. The van der Waals surface area contributed by atoms with Gasteiger partial charge in [0.15, 0.2) is 5.41 Å². The van der Waals surface area contributed by atoms with E-state index in [2.05, 4.69) is 0 Å². The SMILES string of the molecule is COC(=O)C1(C(=O)OC)CCCOC(=O)C(CC(C)=O)C1. The molecule has 0 aromatic rings. The van der Waals surface area contributed by atoms with Gasteiger partial charge in [-0.1, -0.05) is 0 Å². The van der Waals surface area contributed by atoms with Crippen LogP contribution in [0.1, 0.15) is 32.6 Å². The lowest BCUT2D eigenvalue weighted by atomic mass is 9.74. The highest BCUT2D eigenvalue weighted by Gasteiger charge is 2.51. The summed E-state index contributed by atoms with van der Waals surface area (Å²) in [6, 6.07) is 0. The molecule has 7 nitrogen and oxygen atoms in total. The van der Waals surface area contributed by atoms with Crippen LogP contribution in [0.25, 0.3) is 0 Å². The van der Waals surface area contributed by atoms with Crippen molar-refractivity contribution in [3.63, 3.8) is 0 Å². The number of carbonyl (C=O) groups excluding carboxylic acids is 4. The molecule has 1 unspecified atom stereocenters. The summed E-state index contributed by atoms with van der Waals surface area (Å²) in [5.41, 5.74) is -1.57. The lowest BCUT2D eigenvalue weighted by Crippen LogP contribution is -2.45.